The molecule has 4 rings (SSSR count). The van der Waals surface area contributed by atoms with Gasteiger partial charge in [0.15, 0.2) is 0 Å². The van der Waals surface area contributed by atoms with E-state index in [1.54, 1.807) is 0 Å². The zero-order valence-electron chi connectivity index (χ0n) is 23.2. The van der Waals surface area contributed by atoms with E-state index in [-0.39, 0.29) is 0 Å². The van der Waals surface area contributed by atoms with E-state index in [0.29, 0.717) is 18.1 Å². The van der Waals surface area contributed by atoms with Gasteiger partial charge in [-0.2, -0.15) is 7.11 Å². The Hall–Kier alpha value is -3.83. The molecule has 2 aromatic heterocycles. The van der Waals surface area contributed by atoms with Crippen LogP contribution in [0.25, 0.3) is 22.4 Å². The number of rotatable bonds is 8. The van der Waals surface area contributed by atoms with Crippen LogP contribution in [0.2, 0.25) is 0 Å². The maximum absolute atomic E-state index is 9.41. The first-order valence-electron chi connectivity index (χ1n) is 12.9. The molecule has 0 atom stereocenters. The second-order valence-electron chi connectivity index (χ2n) is 9.54. The molecule has 1 fully saturated rings. The summed E-state index contributed by atoms with van der Waals surface area (Å²) in [4.78, 5) is 38.7. The van der Waals surface area contributed by atoms with Gasteiger partial charge in [-0.3, -0.25) is 0 Å². The quantitative estimate of drug-likeness (QED) is 0.304. The number of nitrogens with one attached hydrogen (secondary N) is 2. The third-order valence-electron chi connectivity index (χ3n) is 6.42. The number of carboxylic acid groups (broad SMARTS) is 2. The summed E-state index contributed by atoms with van der Waals surface area (Å²) >= 11 is 0. The molecule has 212 valence electrons. The largest absolute Gasteiger partial charge is 0.857 e. The van der Waals surface area contributed by atoms with Gasteiger partial charge in [-0.1, -0.05) is 6.07 Å². The Morgan fingerprint density at radius 2 is 1.72 bits per heavy atom. The van der Waals surface area contributed by atoms with Gasteiger partial charge in [0.2, 0.25) is 5.95 Å². The number of H-pyrrole nitrogens is 1. The second kappa shape index (κ2) is 15.6. The topological polar surface area (TPSA) is 173 Å². The smallest absolute Gasteiger partial charge is 0.222 e. The van der Waals surface area contributed by atoms with E-state index in [0.717, 1.165) is 47.7 Å². The molecule has 11 nitrogen and oxygen atoms in total. The minimum Gasteiger partial charge on any atom is -0.857 e. The molecule has 2 N–H and O–H groups in total. The van der Waals surface area contributed by atoms with Crippen LogP contribution in [0, 0.1) is 26.7 Å². The molecule has 1 aliphatic heterocycles. The summed E-state index contributed by atoms with van der Waals surface area (Å²) in [6.45, 7) is 9.63. The molecule has 1 saturated heterocycles. The average molecular weight is 538 g/mol. The molecular formula is C28H37N6O5-3. The predicted molar refractivity (Wildman–Crippen MR) is 144 cm³/mol. The third-order valence-corrected chi connectivity index (χ3v) is 6.42. The lowest BCUT2D eigenvalue weighted by Gasteiger charge is -2.28. The Morgan fingerprint density at radius 1 is 1.08 bits per heavy atom. The van der Waals surface area contributed by atoms with Crippen LogP contribution < -0.4 is 20.6 Å². The van der Waals surface area contributed by atoms with Gasteiger partial charge in [-0.25, -0.2) is 15.0 Å². The lowest BCUT2D eigenvalue weighted by atomic mass is 9.92. The minimum absolute atomic E-state index is 0.384. The standard InChI is InChI=1S/C23H32N6.C4H4O4.CH3O/c1-15-12-16(2)21-20(13-15)27-22(28-21)19-14-25-23(26-17(19)3)24-9-5-6-18-7-10-29(4)11-8-18;5-3(6)1-2-4(7)8;1-2/h12-14,18H,5-11H2,1-4H3,(H,27,28)(H,24,25,26);1-2H,(H,5,6)(H,7,8);1H3/q;;-1/p-2/b;2-1+;. The van der Waals surface area contributed by atoms with Crippen LogP contribution in [-0.2, 0) is 9.59 Å². The number of fused-ring (bicyclic) bond motifs is 1. The molecular weight excluding hydrogens is 500 g/mol. The predicted octanol–water partition coefficient (Wildman–Crippen LogP) is 0.498. The van der Waals surface area contributed by atoms with Crippen molar-refractivity contribution in [3.8, 4) is 11.4 Å². The lowest BCUT2D eigenvalue weighted by Crippen LogP contribution is -2.30. The number of aryl methyl sites for hydroxylation is 3. The molecule has 1 aromatic carbocycles. The van der Waals surface area contributed by atoms with Crippen LogP contribution in [0.15, 0.2) is 30.5 Å². The second-order valence-corrected chi connectivity index (χ2v) is 9.54. The number of aromatic nitrogens is 4. The van der Waals surface area contributed by atoms with E-state index in [4.69, 9.17) is 10.1 Å². The van der Waals surface area contributed by atoms with Gasteiger partial charge >= 0.3 is 0 Å². The van der Waals surface area contributed by atoms with Crippen molar-refractivity contribution in [3.63, 3.8) is 0 Å². The number of benzene rings is 1. The fourth-order valence-electron chi connectivity index (χ4n) is 4.46. The van der Waals surface area contributed by atoms with Crippen LogP contribution in [0.1, 0.15) is 42.5 Å². The normalized spacial score (nSPS) is 13.9. The zero-order chi connectivity index (χ0) is 28.9. The molecule has 0 saturated carbocycles. The fourth-order valence-corrected chi connectivity index (χ4v) is 4.46. The van der Waals surface area contributed by atoms with Crippen LogP contribution in [0.4, 0.5) is 5.95 Å². The van der Waals surface area contributed by atoms with Gasteiger partial charge in [0.25, 0.3) is 0 Å². The number of likely N-dealkylation sites (tertiary alicyclic amines) is 1. The number of carboxylic acids is 2. The number of carbonyl (C=O) groups is 2. The van der Waals surface area contributed by atoms with Crippen LogP contribution in [0.5, 0.6) is 0 Å². The number of hydrogen-bond donors (Lipinski definition) is 2. The number of nitrogens with zero attached hydrogens (tertiary/aromatic N) is 4. The summed E-state index contributed by atoms with van der Waals surface area (Å²) in [5, 5.41) is 30.5. The fraction of sp³-hybridized carbons (Fsp3) is 0.464. The van der Waals surface area contributed by atoms with E-state index in [9.17, 15) is 19.8 Å². The van der Waals surface area contributed by atoms with Crippen molar-refractivity contribution >= 4 is 28.9 Å². The highest BCUT2D eigenvalue weighted by Gasteiger charge is 2.16. The monoisotopic (exact) mass is 537 g/mol. The number of piperidine rings is 1. The number of aliphatic carboxylic acids is 2. The molecule has 39 heavy (non-hydrogen) atoms. The number of imidazole rings is 1. The molecule has 11 heteroatoms. The third kappa shape index (κ3) is 10.1. The number of carbonyl (C=O) groups excluding carboxylic acids is 2. The lowest BCUT2D eigenvalue weighted by molar-refractivity contribution is -0.325. The molecule has 0 amide bonds. The maximum Gasteiger partial charge on any atom is 0.222 e. The highest BCUT2D eigenvalue weighted by atomic mass is 16.4. The first-order chi connectivity index (χ1) is 18.6. The van der Waals surface area contributed by atoms with Gasteiger partial charge in [-0.05, 0) is 102 Å². The van der Waals surface area contributed by atoms with E-state index in [2.05, 4.69) is 58.2 Å². The first kappa shape index (κ1) is 31.4. The Balaban J connectivity index is 0.000000460. The van der Waals surface area contributed by atoms with Crippen molar-refractivity contribution in [1.29, 1.82) is 0 Å². The molecule has 0 unspecified atom stereocenters. The van der Waals surface area contributed by atoms with Crippen molar-refractivity contribution < 1.29 is 24.9 Å². The van der Waals surface area contributed by atoms with Crippen molar-refractivity contribution in [2.45, 2.75) is 46.5 Å². The van der Waals surface area contributed by atoms with E-state index >= 15 is 0 Å². The maximum atomic E-state index is 9.41. The van der Waals surface area contributed by atoms with Crippen molar-refractivity contribution in [2.75, 3.05) is 39.1 Å². The molecule has 0 radical (unpaired) electrons. The van der Waals surface area contributed by atoms with Gasteiger partial charge in [0, 0.05) is 12.7 Å². The molecule has 0 bridgehead atoms. The Morgan fingerprint density at radius 3 is 2.31 bits per heavy atom. The zero-order valence-corrected chi connectivity index (χ0v) is 23.2. The molecule has 3 heterocycles. The summed E-state index contributed by atoms with van der Waals surface area (Å²) in [5.41, 5.74) is 6.39. The summed E-state index contributed by atoms with van der Waals surface area (Å²) < 4.78 is 0. The Kier molecular flexibility index (Phi) is 12.5. The van der Waals surface area contributed by atoms with Crippen LogP contribution >= 0.6 is 0 Å². The van der Waals surface area contributed by atoms with Crippen LogP contribution in [-0.4, -0.2) is 70.6 Å². The van der Waals surface area contributed by atoms with Crippen molar-refractivity contribution in [3.05, 3.63) is 47.3 Å². The summed E-state index contributed by atoms with van der Waals surface area (Å²) in [7, 11) is 2.97. The highest BCUT2D eigenvalue weighted by molar-refractivity contribution is 5.87. The number of aromatic amines is 1. The highest BCUT2D eigenvalue weighted by Crippen LogP contribution is 2.25. The van der Waals surface area contributed by atoms with E-state index in [1.165, 1.54) is 49.9 Å². The Labute approximate surface area is 229 Å². The molecule has 0 aliphatic carbocycles. The summed E-state index contributed by atoms with van der Waals surface area (Å²) in [6, 6.07) is 4.30. The summed E-state index contributed by atoms with van der Waals surface area (Å²) in [6.07, 6.45) is 7.76. The van der Waals surface area contributed by atoms with Crippen molar-refractivity contribution in [1.82, 2.24) is 24.8 Å². The Bertz CT molecular complexity index is 1250. The van der Waals surface area contributed by atoms with Crippen LogP contribution in [0.3, 0.4) is 0 Å². The van der Waals surface area contributed by atoms with E-state index in [1.807, 2.05) is 13.1 Å². The number of hydrogen-bond acceptors (Lipinski definition) is 10. The van der Waals surface area contributed by atoms with Gasteiger partial charge in [0.1, 0.15) is 5.82 Å². The number of anilines is 1. The summed E-state index contributed by atoms with van der Waals surface area (Å²) in [5.74, 6) is -0.681. The van der Waals surface area contributed by atoms with E-state index < -0.39 is 11.9 Å². The SMILES string of the molecule is C[O-].Cc1cc(C)c2nc(-c3cnc(NCCCC4CCN(C)CC4)nc3C)[nH]c2c1.O=C([O-])/C=C/C(=O)[O-]. The minimum atomic E-state index is -1.55. The van der Waals surface area contributed by atoms with Gasteiger partial charge in [0.05, 0.1) is 34.2 Å². The molecule has 3 aromatic rings. The molecule has 1 aliphatic rings. The van der Waals surface area contributed by atoms with Crippen molar-refractivity contribution in [2.24, 2.45) is 5.92 Å². The van der Waals surface area contributed by atoms with Gasteiger partial charge < -0.3 is 40.1 Å². The first-order valence-corrected chi connectivity index (χ1v) is 12.9. The molecule has 0 spiro atoms. The van der Waals surface area contributed by atoms with Gasteiger partial charge in [-0.15, -0.1) is 0 Å². The average Bonchev–Trinajstić information content (AvgIpc) is 3.32.